The first-order chi connectivity index (χ1) is 11.4. The number of carbonyl (C=O) groups excluding carboxylic acids is 2. The summed E-state index contributed by atoms with van der Waals surface area (Å²) < 4.78 is 44.2. The fraction of sp³-hybridized carbons (Fsp3) is 0.857. The number of rotatable bonds is 13. The molecule has 8 nitrogen and oxygen atoms in total. The van der Waals surface area contributed by atoms with Crippen molar-refractivity contribution in [2.24, 2.45) is 0 Å². The van der Waals surface area contributed by atoms with Gasteiger partial charge in [0.05, 0.1) is 14.2 Å². The van der Waals surface area contributed by atoms with Gasteiger partial charge in [-0.2, -0.15) is 0 Å². The average Bonchev–Trinajstić information content (AvgIpc) is 2.58. The zero-order chi connectivity index (χ0) is 18.5. The minimum absolute atomic E-state index is 0.153. The van der Waals surface area contributed by atoms with Gasteiger partial charge in [-0.1, -0.05) is 26.7 Å². The van der Waals surface area contributed by atoms with Gasteiger partial charge < -0.3 is 9.47 Å². The number of esters is 2. The molecule has 0 aromatic carbocycles. The molecule has 0 radical (unpaired) electrons. The number of hydrogen-bond acceptors (Lipinski definition) is 8. The van der Waals surface area contributed by atoms with Gasteiger partial charge in [-0.25, -0.2) is 9.59 Å². The van der Waals surface area contributed by atoms with Crippen molar-refractivity contribution in [2.45, 2.75) is 50.8 Å². The van der Waals surface area contributed by atoms with Gasteiger partial charge in [-0.05, 0) is 22.0 Å². The van der Waals surface area contributed by atoms with Gasteiger partial charge in [0.2, 0.25) is 0 Å². The molecule has 0 saturated heterocycles. The van der Waals surface area contributed by atoms with Gasteiger partial charge in [0.15, 0.2) is 0 Å². The summed E-state index contributed by atoms with van der Waals surface area (Å²) in [7, 11) is -3.06. The van der Waals surface area contributed by atoms with E-state index in [1.165, 1.54) is 0 Å². The highest BCUT2D eigenvalue weighted by Crippen LogP contribution is 2.44. The molecule has 0 fully saturated rings. The molecule has 0 bridgehead atoms. The van der Waals surface area contributed by atoms with Gasteiger partial charge in [-0.15, -0.1) is 9.05 Å². The summed E-state index contributed by atoms with van der Waals surface area (Å²) >= 11 is 0. The fourth-order valence-electron chi connectivity index (χ4n) is 1.66. The third kappa shape index (κ3) is 7.75. The van der Waals surface area contributed by atoms with Gasteiger partial charge >= 0.3 is 39.3 Å². The second-order valence-corrected chi connectivity index (χ2v) is 7.65. The Labute approximate surface area is 144 Å². The summed E-state index contributed by atoms with van der Waals surface area (Å²) in [4.78, 5) is 24.0. The van der Waals surface area contributed by atoms with E-state index in [1.54, 1.807) is 0 Å². The molecule has 0 amide bonds. The molecule has 0 saturated carbocycles. The Bertz CT molecular complexity index is 400. The Balaban J connectivity index is 5.33. The molecule has 0 aliphatic rings. The van der Waals surface area contributed by atoms with Crippen molar-refractivity contribution in [1.82, 2.24) is 0 Å². The lowest BCUT2D eigenvalue weighted by atomic mass is 10.3. The summed E-state index contributed by atoms with van der Waals surface area (Å²) in [5, 5.41) is 0. The van der Waals surface area contributed by atoms with Crippen LogP contribution in [0.25, 0.3) is 0 Å². The van der Waals surface area contributed by atoms with Crippen molar-refractivity contribution in [2.75, 3.05) is 27.4 Å². The van der Waals surface area contributed by atoms with Crippen molar-refractivity contribution in [3.63, 3.8) is 0 Å². The molecule has 0 aliphatic heterocycles. The van der Waals surface area contributed by atoms with Gasteiger partial charge in [0.1, 0.15) is 13.2 Å². The second kappa shape index (κ2) is 13.4. The maximum Gasteiger partial charge on any atom is 0.529 e. The number of hydrogen-bond donors (Lipinski definition) is 0. The summed E-state index contributed by atoms with van der Waals surface area (Å²) in [6, 6.07) is 0. The van der Waals surface area contributed by atoms with Crippen LogP contribution in [0.3, 0.4) is 0 Å². The van der Waals surface area contributed by atoms with Crippen molar-refractivity contribution < 1.29 is 37.2 Å². The third-order valence-electron chi connectivity index (χ3n) is 3.07. The summed E-state index contributed by atoms with van der Waals surface area (Å²) in [5.41, 5.74) is -3.08. The first kappa shape index (κ1) is 23.1. The Morgan fingerprint density at radius 3 is 1.38 bits per heavy atom. The molecule has 0 aromatic rings. The molecular formula is C14H26O8P2+2. The summed E-state index contributed by atoms with van der Waals surface area (Å²) in [5.74, 6) is -1.91. The van der Waals surface area contributed by atoms with Crippen LogP contribution in [-0.2, 0) is 37.2 Å². The van der Waals surface area contributed by atoms with E-state index in [-0.39, 0.29) is 13.2 Å². The zero-order valence-electron chi connectivity index (χ0n) is 14.6. The van der Waals surface area contributed by atoms with Gasteiger partial charge in [0.25, 0.3) is 0 Å². The third-order valence-corrected chi connectivity index (χ3v) is 6.11. The smallest absolute Gasteiger partial charge is 0.465 e. The van der Waals surface area contributed by atoms with Crippen molar-refractivity contribution in [1.29, 1.82) is 0 Å². The topological polar surface area (TPSA) is 105 Å². The minimum atomic E-state index is -2.62. The van der Waals surface area contributed by atoms with Crippen LogP contribution in [0.15, 0.2) is 0 Å². The quantitative estimate of drug-likeness (QED) is 0.271. The van der Waals surface area contributed by atoms with Crippen LogP contribution in [0.5, 0.6) is 0 Å². The van der Waals surface area contributed by atoms with Crippen LogP contribution in [-0.4, -0.2) is 50.7 Å². The van der Waals surface area contributed by atoms with Crippen LogP contribution in [0, 0.1) is 0 Å². The van der Waals surface area contributed by atoms with E-state index in [0.29, 0.717) is 12.8 Å². The first-order valence-corrected chi connectivity index (χ1v) is 10.3. The normalized spacial score (nSPS) is 14.5. The first-order valence-electron chi connectivity index (χ1n) is 7.78. The molecule has 0 spiro atoms. The maximum absolute atomic E-state index is 12.3. The number of carbonyl (C=O) groups is 2. The van der Waals surface area contributed by atoms with Crippen molar-refractivity contribution >= 4 is 28.0 Å². The monoisotopic (exact) mass is 384 g/mol. The molecule has 24 heavy (non-hydrogen) atoms. The Kier molecular flexibility index (Phi) is 12.8. The van der Waals surface area contributed by atoms with E-state index >= 15 is 0 Å². The predicted octanol–water partition coefficient (Wildman–Crippen LogP) is 3.19. The molecule has 0 aliphatic carbocycles. The second-order valence-electron chi connectivity index (χ2n) is 4.88. The highest BCUT2D eigenvalue weighted by molar-refractivity contribution is 7.46. The molecule has 0 N–H and O–H groups in total. The zero-order valence-corrected chi connectivity index (χ0v) is 16.3. The number of methoxy groups -OCH3 is 2. The van der Waals surface area contributed by atoms with E-state index in [0.717, 1.165) is 27.1 Å². The molecule has 4 atom stereocenters. The predicted molar refractivity (Wildman–Crippen MR) is 88.5 cm³/mol. The molecule has 0 heterocycles. The van der Waals surface area contributed by atoms with Crippen LogP contribution in [0.4, 0.5) is 0 Å². The Hall–Kier alpha value is -0.940. The van der Waals surface area contributed by atoms with Gasteiger partial charge in [0, 0.05) is 0 Å². The highest BCUT2D eigenvalue weighted by Gasteiger charge is 2.62. The number of ether oxygens (including phenoxy) is 2. The Morgan fingerprint density at radius 1 is 0.792 bits per heavy atom. The molecule has 10 heteroatoms. The lowest BCUT2D eigenvalue weighted by molar-refractivity contribution is -0.146. The molecule has 0 aromatic heterocycles. The van der Waals surface area contributed by atoms with Crippen LogP contribution >= 0.6 is 16.1 Å². The maximum atomic E-state index is 12.3. The fourth-order valence-corrected chi connectivity index (χ4v) is 4.51. The van der Waals surface area contributed by atoms with E-state index in [2.05, 4.69) is 9.47 Å². The largest absolute Gasteiger partial charge is 0.529 e. The van der Waals surface area contributed by atoms with Gasteiger partial charge in [-0.3, -0.25) is 0 Å². The van der Waals surface area contributed by atoms with Crippen LogP contribution < -0.4 is 0 Å². The number of unbranched alkanes of at least 4 members (excludes halogenated alkanes) is 2. The van der Waals surface area contributed by atoms with Crippen LogP contribution in [0.2, 0.25) is 0 Å². The lowest BCUT2D eigenvalue weighted by Crippen LogP contribution is -2.37. The standard InChI is InChI=1S/C14H26O8P2/c1-5-7-9-21-23(17)11(13(15)19-3)12(14(16)20-4)24(18)22-10-8-6-2/h11-12H,5-10H2,1-4H3/q+2. The molecule has 0 rings (SSSR count). The van der Waals surface area contributed by atoms with Crippen molar-refractivity contribution in [3.8, 4) is 0 Å². The van der Waals surface area contributed by atoms with E-state index in [1.807, 2.05) is 13.8 Å². The molecule has 138 valence electrons. The van der Waals surface area contributed by atoms with Crippen molar-refractivity contribution in [3.05, 3.63) is 0 Å². The Morgan fingerprint density at radius 2 is 1.12 bits per heavy atom. The SMILES string of the molecule is CCCCO[P+](=O)C(C(=O)OC)C(C(=O)OC)[P+](=O)OCCCC. The summed E-state index contributed by atoms with van der Waals surface area (Å²) in [6.45, 7) is 4.15. The van der Waals surface area contributed by atoms with E-state index in [4.69, 9.17) is 9.05 Å². The lowest BCUT2D eigenvalue weighted by Gasteiger charge is -2.07. The summed E-state index contributed by atoms with van der Waals surface area (Å²) in [6.07, 6.45) is 2.88. The highest BCUT2D eigenvalue weighted by atomic mass is 31.1. The molecule has 4 unspecified atom stereocenters. The average molecular weight is 384 g/mol. The van der Waals surface area contributed by atoms with E-state index in [9.17, 15) is 18.7 Å². The van der Waals surface area contributed by atoms with E-state index < -0.39 is 39.3 Å². The molecular weight excluding hydrogens is 358 g/mol. The minimum Gasteiger partial charge on any atom is -0.465 e. The van der Waals surface area contributed by atoms with Crippen LogP contribution in [0.1, 0.15) is 39.5 Å².